The topological polar surface area (TPSA) is 103 Å². The third-order valence-corrected chi connectivity index (χ3v) is 7.80. The Kier molecular flexibility index (Phi) is 9.30. The van der Waals surface area contributed by atoms with Crippen molar-refractivity contribution in [1.82, 2.24) is 10.2 Å². The lowest BCUT2D eigenvalue weighted by molar-refractivity contribution is -0.384. The Morgan fingerprint density at radius 2 is 1.66 bits per heavy atom. The molecule has 10 nitrogen and oxygen atoms in total. The summed E-state index contributed by atoms with van der Waals surface area (Å²) >= 11 is 11.7. The van der Waals surface area contributed by atoms with Crippen LogP contribution in [0, 0.1) is 10.1 Å². The number of hydrogen-bond donors (Lipinski definition) is 2. The van der Waals surface area contributed by atoms with Gasteiger partial charge >= 0.3 is 0 Å². The molecule has 0 saturated carbocycles. The molecule has 0 bridgehead atoms. The number of nitro benzene ring substituents is 1. The van der Waals surface area contributed by atoms with Crippen molar-refractivity contribution in [2.24, 2.45) is 0 Å². The number of thiocarbonyl (C=S) groups is 1. The number of morpholine rings is 1. The summed E-state index contributed by atoms with van der Waals surface area (Å²) in [4.78, 5) is 30.7. The Hall–Kier alpha value is -3.77. The number of amides is 1. The number of piperazine rings is 1. The first-order chi connectivity index (χ1) is 19.9. The Morgan fingerprint density at radius 1 is 0.951 bits per heavy atom. The summed E-state index contributed by atoms with van der Waals surface area (Å²) in [6.07, 6.45) is 0. The number of carbonyl (C=O) groups is 1. The molecule has 2 N–H and O–H groups in total. The largest absolute Gasteiger partial charge is 0.378 e. The summed E-state index contributed by atoms with van der Waals surface area (Å²) in [5.41, 5.74) is 3.48. The molecule has 0 unspecified atom stereocenters. The van der Waals surface area contributed by atoms with Crippen LogP contribution in [-0.4, -0.2) is 73.3 Å². The second-order valence-corrected chi connectivity index (χ2v) is 10.7. The molecule has 2 heterocycles. The summed E-state index contributed by atoms with van der Waals surface area (Å²) in [6.45, 7) is 6.63. The van der Waals surface area contributed by atoms with E-state index in [4.69, 9.17) is 28.6 Å². The molecule has 0 aromatic heterocycles. The van der Waals surface area contributed by atoms with Gasteiger partial charge < -0.3 is 19.9 Å². The van der Waals surface area contributed by atoms with Gasteiger partial charge in [0.1, 0.15) is 5.69 Å². The monoisotopic (exact) mass is 594 g/mol. The van der Waals surface area contributed by atoms with Gasteiger partial charge in [0.15, 0.2) is 5.11 Å². The SMILES string of the molecule is O=C(NC(=S)Nc1ccc(N2CCN(Cc3ccccc3Cl)CC2)cc1)c1ccc(N2CCOCC2)c([N+](=O)[O-])c1. The van der Waals surface area contributed by atoms with Crippen LogP contribution in [0.1, 0.15) is 15.9 Å². The van der Waals surface area contributed by atoms with Crippen molar-refractivity contribution < 1.29 is 14.5 Å². The molecule has 41 heavy (non-hydrogen) atoms. The molecular formula is C29H31ClN6O4S. The third-order valence-electron chi connectivity index (χ3n) is 7.23. The highest BCUT2D eigenvalue weighted by atomic mass is 35.5. The van der Waals surface area contributed by atoms with Crippen LogP contribution >= 0.6 is 23.8 Å². The maximum absolute atomic E-state index is 12.8. The molecular weight excluding hydrogens is 564 g/mol. The Labute approximate surface area is 249 Å². The van der Waals surface area contributed by atoms with Crippen molar-refractivity contribution in [2.45, 2.75) is 6.54 Å². The van der Waals surface area contributed by atoms with E-state index in [1.807, 2.05) is 47.4 Å². The maximum atomic E-state index is 12.8. The normalized spacial score (nSPS) is 15.8. The second kappa shape index (κ2) is 13.3. The van der Waals surface area contributed by atoms with Crippen molar-refractivity contribution in [3.8, 4) is 0 Å². The Morgan fingerprint density at radius 3 is 2.34 bits per heavy atom. The molecule has 12 heteroatoms. The van der Waals surface area contributed by atoms with E-state index < -0.39 is 10.8 Å². The second-order valence-electron chi connectivity index (χ2n) is 9.87. The minimum absolute atomic E-state index is 0.107. The van der Waals surface area contributed by atoms with Gasteiger partial charge in [0.05, 0.1) is 18.1 Å². The Balaban J connectivity index is 1.13. The molecule has 0 atom stereocenters. The number of hydrogen-bond acceptors (Lipinski definition) is 8. The molecule has 0 radical (unpaired) electrons. The fourth-order valence-electron chi connectivity index (χ4n) is 5.01. The van der Waals surface area contributed by atoms with Crippen LogP contribution in [-0.2, 0) is 11.3 Å². The summed E-state index contributed by atoms with van der Waals surface area (Å²) in [5.74, 6) is -0.523. The number of nitro groups is 1. The number of nitrogens with one attached hydrogen (secondary N) is 2. The average molecular weight is 595 g/mol. The lowest BCUT2D eigenvalue weighted by Gasteiger charge is -2.36. The van der Waals surface area contributed by atoms with Gasteiger partial charge in [-0.2, -0.15) is 0 Å². The van der Waals surface area contributed by atoms with E-state index in [-0.39, 0.29) is 16.4 Å². The van der Waals surface area contributed by atoms with Crippen LogP contribution in [0.2, 0.25) is 5.02 Å². The fourth-order valence-corrected chi connectivity index (χ4v) is 5.41. The minimum Gasteiger partial charge on any atom is -0.378 e. The highest BCUT2D eigenvalue weighted by molar-refractivity contribution is 7.80. The van der Waals surface area contributed by atoms with Gasteiger partial charge in [0.25, 0.3) is 11.6 Å². The molecule has 0 aliphatic carbocycles. The summed E-state index contributed by atoms with van der Waals surface area (Å²) < 4.78 is 5.33. The molecule has 2 fully saturated rings. The zero-order chi connectivity index (χ0) is 28.8. The van der Waals surface area contributed by atoms with Crippen LogP contribution < -0.4 is 20.4 Å². The van der Waals surface area contributed by atoms with E-state index in [2.05, 4.69) is 26.5 Å². The predicted molar refractivity (Wildman–Crippen MR) is 165 cm³/mol. The van der Waals surface area contributed by atoms with E-state index in [1.165, 1.54) is 6.07 Å². The minimum atomic E-state index is -0.523. The van der Waals surface area contributed by atoms with Crippen LogP contribution in [0.15, 0.2) is 66.7 Å². The van der Waals surface area contributed by atoms with Crippen LogP contribution in [0.3, 0.4) is 0 Å². The summed E-state index contributed by atoms with van der Waals surface area (Å²) in [6, 6.07) is 20.3. The highest BCUT2D eigenvalue weighted by Crippen LogP contribution is 2.30. The van der Waals surface area contributed by atoms with Gasteiger partial charge in [0, 0.05) is 73.8 Å². The van der Waals surface area contributed by atoms with Gasteiger partial charge in [-0.3, -0.25) is 25.1 Å². The molecule has 3 aromatic carbocycles. The first-order valence-corrected chi connectivity index (χ1v) is 14.2. The fraction of sp³-hybridized carbons (Fsp3) is 0.310. The van der Waals surface area contributed by atoms with Gasteiger partial charge in [-0.15, -0.1) is 0 Å². The molecule has 3 aromatic rings. The molecule has 2 aliphatic heterocycles. The maximum Gasteiger partial charge on any atom is 0.293 e. The van der Waals surface area contributed by atoms with E-state index in [1.54, 1.807) is 12.1 Å². The van der Waals surface area contributed by atoms with E-state index >= 15 is 0 Å². The quantitative estimate of drug-likeness (QED) is 0.232. The first-order valence-electron chi connectivity index (χ1n) is 13.4. The van der Waals surface area contributed by atoms with Crippen LogP contribution in [0.25, 0.3) is 0 Å². The van der Waals surface area contributed by atoms with Gasteiger partial charge in [0.2, 0.25) is 0 Å². The highest BCUT2D eigenvalue weighted by Gasteiger charge is 2.24. The molecule has 2 aliphatic rings. The third kappa shape index (κ3) is 7.31. The predicted octanol–water partition coefficient (Wildman–Crippen LogP) is 4.53. The molecule has 1 amide bonds. The molecule has 2 saturated heterocycles. The van der Waals surface area contributed by atoms with Crippen molar-refractivity contribution in [3.63, 3.8) is 0 Å². The van der Waals surface area contributed by atoms with E-state index in [0.717, 1.165) is 54.7 Å². The number of anilines is 3. The average Bonchev–Trinajstić information content (AvgIpc) is 2.99. The lowest BCUT2D eigenvalue weighted by Crippen LogP contribution is -2.46. The lowest BCUT2D eigenvalue weighted by atomic mass is 10.1. The summed E-state index contributed by atoms with van der Waals surface area (Å²) in [5, 5.41) is 18.3. The number of halogens is 1. The first kappa shape index (κ1) is 28.7. The molecule has 0 spiro atoms. The van der Waals surface area contributed by atoms with Crippen LogP contribution in [0.4, 0.5) is 22.7 Å². The number of rotatable bonds is 7. The van der Waals surface area contributed by atoms with E-state index in [9.17, 15) is 14.9 Å². The van der Waals surface area contributed by atoms with Gasteiger partial charge in [-0.05, 0) is 60.2 Å². The summed E-state index contributed by atoms with van der Waals surface area (Å²) in [7, 11) is 0. The number of nitrogens with zero attached hydrogens (tertiary/aromatic N) is 4. The standard InChI is InChI=1S/C29H31ClN6O4S/c30-25-4-2-1-3-22(25)20-33-11-13-34(14-12-33)24-8-6-23(7-9-24)31-29(41)32-28(37)21-5-10-26(27(19-21)36(38)39)35-15-17-40-18-16-35/h1-10,19H,11-18,20H2,(H2,31,32,37,41). The smallest absolute Gasteiger partial charge is 0.293 e. The number of benzene rings is 3. The van der Waals surface area contributed by atoms with Gasteiger partial charge in [-0.1, -0.05) is 29.8 Å². The Bertz CT molecular complexity index is 1410. The van der Waals surface area contributed by atoms with Crippen molar-refractivity contribution in [1.29, 1.82) is 0 Å². The van der Waals surface area contributed by atoms with Crippen molar-refractivity contribution in [3.05, 3.63) is 93.0 Å². The van der Waals surface area contributed by atoms with Crippen molar-refractivity contribution >= 4 is 57.6 Å². The van der Waals surface area contributed by atoms with Crippen LogP contribution in [0.5, 0.6) is 0 Å². The zero-order valence-corrected chi connectivity index (χ0v) is 24.0. The molecule has 214 valence electrons. The van der Waals surface area contributed by atoms with Crippen molar-refractivity contribution in [2.75, 3.05) is 67.6 Å². The number of ether oxygens (including phenoxy) is 1. The van der Waals surface area contributed by atoms with E-state index in [0.29, 0.717) is 32.0 Å². The zero-order valence-electron chi connectivity index (χ0n) is 22.4. The number of carbonyl (C=O) groups excluding carboxylic acids is 1. The molecule has 5 rings (SSSR count). The van der Waals surface area contributed by atoms with Gasteiger partial charge in [-0.25, -0.2) is 0 Å².